The first-order valence-corrected chi connectivity index (χ1v) is 4.50. The van der Waals surface area contributed by atoms with Crippen molar-refractivity contribution in [3.05, 3.63) is 12.2 Å². The summed E-state index contributed by atoms with van der Waals surface area (Å²) < 4.78 is 5.40. The van der Waals surface area contributed by atoms with E-state index in [1.165, 1.54) is 19.3 Å². The number of unbranched alkanes of at least 4 members (excludes halogenated alkanes) is 2. The smallest absolute Gasteiger partial charge is 0.0518 e. The van der Waals surface area contributed by atoms with Gasteiger partial charge in [0.25, 0.3) is 0 Å². The number of hydrogen-bond donors (Lipinski definition) is 0. The fourth-order valence-corrected chi connectivity index (χ4v) is 0.850. The predicted molar refractivity (Wildman–Crippen MR) is 49.8 cm³/mol. The molecule has 0 aliphatic rings. The molecule has 0 aromatic rings. The van der Waals surface area contributed by atoms with Crippen LogP contribution >= 0.6 is 0 Å². The van der Waals surface area contributed by atoms with E-state index in [2.05, 4.69) is 32.9 Å². The molecular weight excluding hydrogens is 136 g/mol. The SMILES string of the molecule is C/C=C\CCCCOC(C)C. The molecule has 0 aromatic heterocycles. The largest absolute Gasteiger partial charge is 0.379 e. The third kappa shape index (κ3) is 9.70. The maximum absolute atomic E-state index is 5.40. The molecule has 0 rings (SSSR count). The van der Waals surface area contributed by atoms with Crippen LogP contribution in [0.25, 0.3) is 0 Å². The molecule has 66 valence electrons. The van der Waals surface area contributed by atoms with Gasteiger partial charge in [0.15, 0.2) is 0 Å². The number of rotatable bonds is 6. The third-order valence-electron chi connectivity index (χ3n) is 1.45. The average Bonchev–Trinajstić information content (AvgIpc) is 1.96. The van der Waals surface area contributed by atoms with Crippen molar-refractivity contribution in [2.75, 3.05) is 6.61 Å². The van der Waals surface area contributed by atoms with E-state index < -0.39 is 0 Å². The minimum atomic E-state index is 0.386. The van der Waals surface area contributed by atoms with Crippen molar-refractivity contribution < 1.29 is 4.74 Å². The van der Waals surface area contributed by atoms with Crippen molar-refractivity contribution in [3.8, 4) is 0 Å². The molecule has 0 amide bonds. The summed E-state index contributed by atoms with van der Waals surface area (Å²) in [5.74, 6) is 0. The van der Waals surface area contributed by atoms with Gasteiger partial charge in [0.1, 0.15) is 0 Å². The Hall–Kier alpha value is -0.300. The van der Waals surface area contributed by atoms with Crippen molar-refractivity contribution in [3.63, 3.8) is 0 Å². The molecular formula is C10H20O. The van der Waals surface area contributed by atoms with Gasteiger partial charge in [0.05, 0.1) is 6.10 Å². The quantitative estimate of drug-likeness (QED) is 0.424. The topological polar surface area (TPSA) is 9.23 Å². The van der Waals surface area contributed by atoms with E-state index in [0.717, 1.165) is 6.61 Å². The van der Waals surface area contributed by atoms with Crippen LogP contribution < -0.4 is 0 Å². The summed E-state index contributed by atoms with van der Waals surface area (Å²) in [5.41, 5.74) is 0. The van der Waals surface area contributed by atoms with E-state index in [4.69, 9.17) is 4.74 Å². The standard InChI is InChI=1S/C10H20O/c1-4-5-6-7-8-9-11-10(2)3/h4-5,10H,6-9H2,1-3H3/b5-4-. The highest BCUT2D eigenvalue weighted by molar-refractivity contribution is 4.76. The minimum Gasteiger partial charge on any atom is -0.379 e. The molecule has 0 N–H and O–H groups in total. The van der Waals surface area contributed by atoms with Gasteiger partial charge >= 0.3 is 0 Å². The molecule has 0 saturated heterocycles. The van der Waals surface area contributed by atoms with Crippen LogP contribution in [-0.4, -0.2) is 12.7 Å². The van der Waals surface area contributed by atoms with Gasteiger partial charge in [0, 0.05) is 6.61 Å². The molecule has 0 fully saturated rings. The predicted octanol–water partition coefficient (Wildman–Crippen LogP) is 3.16. The normalized spacial score (nSPS) is 11.6. The van der Waals surface area contributed by atoms with Gasteiger partial charge in [-0.3, -0.25) is 0 Å². The Bertz CT molecular complexity index is 95.0. The Morgan fingerprint density at radius 2 is 2.00 bits per heavy atom. The van der Waals surface area contributed by atoms with Gasteiger partial charge in [-0.25, -0.2) is 0 Å². The highest BCUT2D eigenvalue weighted by Crippen LogP contribution is 1.98. The molecule has 0 aliphatic carbocycles. The molecule has 0 spiro atoms. The summed E-state index contributed by atoms with van der Waals surface area (Å²) >= 11 is 0. The van der Waals surface area contributed by atoms with Crippen LogP contribution in [0.4, 0.5) is 0 Å². The van der Waals surface area contributed by atoms with Crippen LogP contribution in [-0.2, 0) is 4.74 Å². The monoisotopic (exact) mass is 156 g/mol. The first kappa shape index (κ1) is 10.7. The Morgan fingerprint density at radius 1 is 1.27 bits per heavy atom. The van der Waals surface area contributed by atoms with E-state index in [-0.39, 0.29) is 0 Å². The molecule has 0 radical (unpaired) electrons. The summed E-state index contributed by atoms with van der Waals surface area (Å²) in [5, 5.41) is 0. The lowest BCUT2D eigenvalue weighted by atomic mass is 10.2. The zero-order valence-electron chi connectivity index (χ0n) is 7.97. The number of allylic oxidation sites excluding steroid dienone is 2. The lowest BCUT2D eigenvalue weighted by molar-refractivity contribution is 0.0762. The summed E-state index contributed by atoms with van der Waals surface area (Å²) in [6, 6.07) is 0. The molecule has 1 heteroatoms. The molecule has 0 aromatic carbocycles. The second-order valence-corrected chi connectivity index (χ2v) is 2.98. The second-order valence-electron chi connectivity index (χ2n) is 2.98. The molecule has 0 saturated carbocycles. The van der Waals surface area contributed by atoms with Crippen LogP contribution in [0.15, 0.2) is 12.2 Å². The van der Waals surface area contributed by atoms with Crippen LogP contribution in [0.1, 0.15) is 40.0 Å². The van der Waals surface area contributed by atoms with E-state index in [9.17, 15) is 0 Å². The molecule has 1 nitrogen and oxygen atoms in total. The highest BCUT2D eigenvalue weighted by Gasteiger charge is 1.91. The molecule has 0 heterocycles. The number of ether oxygens (including phenoxy) is 1. The zero-order chi connectivity index (χ0) is 8.53. The third-order valence-corrected chi connectivity index (χ3v) is 1.45. The van der Waals surface area contributed by atoms with Crippen LogP contribution in [0.5, 0.6) is 0 Å². The molecule has 0 bridgehead atoms. The van der Waals surface area contributed by atoms with Crippen LogP contribution in [0.3, 0.4) is 0 Å². The van der Waals surface area contributed by atoms with Crippen molar-refractivity contribution in [1.82, 2.24) is 0 Å². The van der Waals surface area contributed by atoms with E-state index in [1.807, 2.05) is 0 Å². The highest BCUT2D eigenvalue weighted by atomic mass is 16.5. The van der Waals surface area contributed by atoms with Gasteiger partial charge in [-0.05, 0) is 40.0 Å². The second kappa shape index (κ2) is 7.80. The van der Waals surface area contributed by atoms with Crippen molar-refractivity contribution >= 4 is 0 Å². The van der Waals surface area contributed by atoms with E-state index in [1.54, 1.807) is 0 Å². The summed E-state index contributed by atoms with van der Waals surface area (Å²) in [6.07, 6.45) is 8.31. The summed E-state index contributed by atoms with van der Waals surface area (Å²) in [7, 11) is 0. The van der Waals surface area contributed by atoms with Gasteiger partial charge in [-0.1, -0.05) is 12.2 Å². The lowest BCUT2D eigenvalue weighted by Gasteiger charge is -2.05. The fourth-order valence-electron chi connectivity index (χ4n) is 0.850. The zero-order valence-corrected chi connectivity index (χ0v) is 7.97. The van der Waals surface area contributed by atoms with Gasteiger partial charge in [0.2, 0.25) is 0 Å². The molecule has 0 unspecified atom stereocenters. The fraction of sp³-hybridized carbons (Fsp3) is 0.800. The first-order chi connectivity index (χ1) is 5.27. The van der Waals surface area contributed by atoms with Crippen molar-refractivity contribution in [2.45, 2.75) is 46.1 Å². The van der Waals surface area contributed by atoms with E-state index in [0.29, 0.717) is 6.10 Å². The van der Waals surface area contributed by atoms with E-state index >= 15 is 0 Å². The number of hydrogen-bond acceptors (Lipinski definition) is 1. The Morgan fingerprint density at radius 3 is 2.55 bits per heavy atom. The summed E-state index contributed by atoms with van der Waals surface area (Å²) in [4.78, 5) is 0. The molecule has 0 aliphatic heterocycles. The molecule has 11 heavy (non-hydrogen) atoms. The van der Waals surface area contributed by atoms with Gasteiger partial charge < -0.3 is 4.74 Å². The van der Waals surface area contributed by atoms with Crippen LogP contribution in [0, 0.1) is 0 Å². The lowest BCUT2D eigenvalue weighted by Crippen LogP contribution is -2.03. The van der Waals surface area contributed by atoms with Crippen LogP contribution in [0.2, 0.25) is 0 Å². The Kier molecular flexibility index (Phi) is 7.59. The summed E-state index contributed by atoms with van der Waals surface area (Å²) in [6.45, 7) is 7.12. The molecule has 0 atom stereocenters. The van der Waals surface area contributed by atoms with Crippen molar-refractivity contribution in [1.29, 1.82) is 0 Å². The Balaban J connectivity index is 2.91. The first-order valence-electron chi connectivity index (χ1n) is 4.50. The maximum Gasteiger partial charge on any atom is 0.0518 e. The van der Waals surface area contributed by atoms with Crippen molar-refractivity contribution in [2.24, 2.45) is 0 Å². The minimum absolute atomic E-state index is 0.386. The average molecular weight is 156 g/mol. The Labute approximate surface area is 70.4 Å². The maximum atomic E-state index is 5.40. The van der Waals surface area contributed by atoms with Gasteiger partial charge in [-0.2, -0.15) is 0 Å². The van der Waals surface area contributed by atoms with Gasteiger partial charge in [-0.15, -0.1) is 0 Å².